The van der Waals surface area contributed by atoms with Gasteiger partial charge in [0.15, 0.2) is 5.96 Å². The average Bonchev–Trinajstić information content (AvgIpc) is 2.30. The highest BCUT2D eigenvalue weighted by atomic mass is 15.3. The van der Waals surface area contributed by atoms with Crippen LogP contribution in [-0.2, 0) is 7.05 Å². The van der Waals surface area contributed by atoms with Crippen LogP contribution in [-0.4, -0.2) is 21.3 Å². The van der Waals surface area contributed by atoms with Crippen molar-refractivity contribution in [2.24, 2.45) is 17.8 Å². The maximum absolute atomic E-state index is 5.70. The van der Waals surface area contributed by atoms with Gasteiger partial charge in [0.05, 0.1) is 17.4 Å². The molecule has 0 fully saturated rings. The Morgan fingerprint density at radius 3 is 2.64 bits per heavy atom. The summed E-state index contributed by atoms with van der Waals surface area (Å²) in [6.45, 7) is 5.97. The molecule has 1 rings (SSSR count). The van der Waals surface area contributed by atoms with Crippen LogP contribution in [0.15, 0.2) is 17.4 Å². The summed E-state index contributed by atoms with van der Waals surface area (Å²) in [5.74, 6) is 0.408. The van der Waals surface area contributed by atoms with Crippen LogP contribution in [0.4, 0.5) is 5.69 Å². The van der Waals surface area contributed by atoms with E-state index < -0.39 is 0 Å². The molecule has 0 aliphatic heterocycles. The zero-order chi connectivity index (χ0) is 10.8. The number of hydrogen-bond donors (Lipinski definition) is 2. The van der Waals surface area contributed by atoms with E-state index in [4.69, 9.17) is 5.73 Å². The van der Waals surface area contributed by atoms with Gasteiger partial charge in [0.25, 0.3) is 0 Å². The van der Waals surface area contributed by atoms with Crippen LogP contribution in [0.3, 0.4) is 0 Å². The summed E-state index contributed by atoms with van der Waals surface area (Å²) in [4.78, 5) is 4.26. The molecule has 0 unspecified atom stereocenters. The molecule has 0 bridgehead atoms. The maximum Gasteiger partial charge on any atom is 0.193 e. The molecule has 14 heavy (non-hydrogen) atoms. The van der Waals surface area contributed by atoms with E-state index in [9.17, 15) is 0 Å². The Bertz CT molecular complexity index is 331. The molecule has 5 heteroatoms. The van der Waals surface area contributed by atoms with Crippen molar-refractivity contribution in [3.8, 4) is 0 Å². The molecule has 1 aromatic heterocycles. The first kappa shape index (κ1) is 10.6. The number of rotatable bonds is 1. The minimum Gasteiger partial charge on any atom is -0.370 e. The number of nitrogens with two attached hydrogens (primary N) is 1. The van der Waals surface area contributed by atoms with Gasteiger partial charge in [-0.3, -0.25) is 4.68 Å². The Labute approximate surface area is 84.0 Å². The van der Waals surface area contributed by atoms with Crippen molar-refractivity contribution >= 4 is 11.6 Å². The van der Waals surface area contributed by atoms with Crippen LogP contribution in [0.25, 0.3) is 0 Å². The second-order valence-electron chi connectivity index (χ2n) is 4.20. The molecule has 0 saturated heterocycles. The Balaban J connectivity index is 2.66. The molecule has 78 valence electrons. The van der Waals surface area contributed by atoms with Crippen molar-refractivity contribution in [2.75, 3.05) is 5.32 Å². The van der Waals surface area contributed by atoms with Crippen LogP contribution in [0, 0.1) is 0 Å². The Hall–Kier alpha value is -1.52. The minimum atomic E-state index is -0.167. The summed E-state index contributed by atoms with van der Waals surface area (Å²) in [5, 5.41) is 6.97. The van der Waals surface area contributed by atoms with Crippen molar-refractivity contribution in [2.45, 2.75) is 26.3 Å². The van der Waals surface area contributed by atoms with Crippen LogP contribution in [0.2, 0.25) is 0 Å². The van der Waals surface area contributed by atoms with Gasteiger partial charge in [-0.25, -0.2) is 4.99 Å². The van der Waals surface area contributed by atoms with Crippen LogP contribution in [0.1, 0.15) is 20.8 Å². The van der Waals surface area contributed by atoms with E-state index in [-0.39, 0.29) is 5.54 Å². The lowest BCUT2D eigenvalue weighted by Crippen LogP contribution is -2.27. The molecule has 0 radical (unpaired) electrons. The van der Waals surface area contributed by atoms with Crippen molar-refractivity contribution < 1.29 is 0 Å². The number of anilines is 1. The van der Waals surface area contributed by atoms with E-state index in [1.165, 1.54) is 0 Å². The summed E-state index contributed by atoms with van der Waals surface area (Å²) in [5.41, 5.74) is 6.38. The number of aryl methyl sites for hydroxylation is 1. The van der Waals surface area contributed by atoms with Crippen LogP contribution in [0.5, 0.6) is 0 Å². The topological polar surface area (TPSA) is 68.2 Å². The number of guanidine groups is 1. The fraction of sp³-hybridized carbons (Fsp3) is 0.556. The molecular formula is C9H17N5. The molecule has 1 heterocycles. The summed E-state index contributed by atoms with van der Waals surface area (Å²) in [6.07, 6.45) is 3.54. The van der Waals surface area contributed by atoms with Crippen molar-refractivity contribution in [1.82, 2.24) is 9.78 Å². The molecule has 0 atom stereocenters. The predicted octanol–water partition coefficient (Wildman–Crippen LogP) is 0.945. The third-order valence-corrected chi connectivity index (χ3v) is 1.43. The van der Waals surface area contributed by atoms with Gasteiger partial charge in [-0.05, 0) is 20.8 Å². The smallest absolute Gasteiger partial charge is 0.193 e. The minimum absolute atomic E-state index is 0.167. The first-order valence-corrected chi connectivity index (χ1v) is 4.48. The van der Waals surface area contributed by atoms with E-state index in [0.717, 1.165) is 5.69 Å². The molecule has 0 saturated carbocycles. The highest BCUT2D eigenvalue weighted by Gasteiger charge is 2.08. The Morgan fingerprint density at radius 2 is 2.21 bits per heavy atom. The molecular weight excluding hydrogens is 178 g/mol. The largest absolute Gasteiger partial charge is 0.370 e. The van der Waals surface area contributed by atoms with Gasteiger partial charge in [0, 0.05) is 13.2 Å². The van der Waals surface area contributed by atoms with Crippen molar-refractivity contribution in [3.63, 3.8) is 0 Å². The number of aliphatic imine (C=N–C) groups is 1. The molecule has 5 nitrogen and oxygen atoms in total. The molecule has 0 aliphatic carbocycles. The number of hydrogen-bond acceptors (Lipinski definition) is 2. The monoisotopic (exact) mass is 195 g/mol. The van der Waals surface area contributed by atoms with Gasteiger partial charge >= 0.3 is 0 Å². The second kappa shape index (κ2) is 3.69. The van der Waals surface area contributed by atoms with Crippen molar-refractivity contribution in [1.29, 1.82) is 0 Å². The van der Waals surface area contributed by atoms with E-state index in [1.54, 1.807) is 10.9 Å². The van der Waals surface area contributed by atoms with E-state index in [0.29, 0.717) is 5.96 Å². The summed E-state index contributed by atoms with van der Waals surface area (Å²) in [6, 6.07) is 0. The Kier molecular flexibility index (Phi) is 2.78. The van der Waals surface area contributed by atoms with E-state index in [2.05, 4.69) is 15.4 Å². The maximum atomic E-state index is 5.70. The quantitative estimate of drug-likeness (QED) is 0.517. The predicted molar refractivity (Wildman–Crippen MR) is 58.2 cm³/mol. The first-order valence-electron chi connectivity index (χ1n) is 4.48. The zero-order valence-electron chi connectivity index (χ0n) is 9.07. The molecule has 0 aliphatic rings. The van der Waals surface area contributed by atoms with Gasteiger partial charge in [-0.1, -0.05) is 0 Å². The highest BCUT2D eigenvalue weighted by molar-refractivity contribution is 5.92. The lowest BCUT2D eigenvalue weighted by molar-refractivity contribution is 0.583. The van der Waals surface area contributed by atoms with Gasteiger partial charge in [0.2, 0.25) is 0 Å². The third kappa shape index (κ3) is 3.47. The number of aromatic nitrogens is 2. The first-order chi connectivity index (χ1) is 6.37. The van der Waals surface area contributed by atoms with Gasteiger partial charge < -0.3 is 11.1 Å². The summed E-state index contributed by atoms with van der Waals surface area (Å²) in [7, 11) is 1.85. The zero-order valence-corrected chi connectivity index (χ0v) is 9.07. The van der Waals surface area contributed by atoms with Gasteiger partial charge in [-0.2, -0.15) is 5.10 Å². The number of nitrogens with zero attached hydrogens (tertiary/aromatic N) is 3. The highest BCUT2D eigenvalue weighted by Crippen LogP contribution is 2.07. The molecule has 0 spiro atoms. The standard InChI is InChI=1S/C9H17N5/c1-9(2,3)13-8(10)12-7-5-11-14(4)6-7/h5-6H,1-4H3,(H3,10,12,13). The molecule has 0 aromatic carbocycles. The van der Waals surface area contributed by atoms with E-state index >= 15 is 0 Å². The van der Waals surface area contributed by atoms with Crippen LogP contribution >= 0.6 is 0 Å². The summed E-state index contributed by atoms with van der Waals surface area (Å²) < 4.78 is 1.70. The van der Waals surface area contributed by atoms with Gasteiger partial charge in [0.1, 0.15) is 0 Å². The molecule has 1 aromatic rings. The third-order valence-electron chi connectivity index (χ3n) is 1.43. The Morgan fingerprint density at radius 1 is 1.57 bits per heavy atom. The van der Waals surface area contributed by atoms with E-state index in [1.807, 2.05) is 34.0 Å². The van der Waals surface area contributed by atoms with Crippen molar-refractivity contribution in [3.05, 3.63) is 12.4 Å². The summed E-state index contributed by atoms with van der Waals surface area (Å²) >= 11 is 0. The molecule has 0 amide bonds. The lowest BCUT2D eigenvalue weighted by atomic mass is 10.1. The SMILES string of the molecule is Cn1cc(NC(N)=NC(C)(C)C)cn1. The lowest BCUT2D eigenvalue weighted by Gasteiger charge is -2.13. The normalized spacial score (nSPS) is 13.0. The van der Waals surface area contributed by atoms with Gasteiger partial charge in [-0.15, -0.1) is 0 Å². The average molecular weight is 195 g/mol. The fourth-order valence-corrected chi connectivity index (χ4v) is 1.02. The second-order valence-corrected chi connectivity index (χ2v) is 4.20. The van der Waals surface area contributed by atoms with Crippen LogP contribution < -0.4 is 11.1 Å². The number of nitrogens with one attached hydrogen (secondary N) is 1. The fourth-order valence-electron chi connectivity index (χ4n) is 1.02. The molecule has 3 N–H and O–H groups in total.